The molecule has 1 amide bonds. The lowest BCUT2D eigenvalue weighted by Crippen LogP contribution is -2.46. The highest BCUT2D eigenvalue weighted by atomic mass is 16.5. The molecule has 3 rings (SSSR count). The van der Waals surface area contributed by atoms with Gasteiger partial charge in [0.2, 0.25) is 5.91 Å². The minimum atomic E-state index is -0.701. The van der Waals surface area contributed by atoms with Crippen LogP contribution in [0.25, 0.3) is 10.9 Å². The molecule has 0 saturated heterocycles. The number of hydrogen-bond acceptors (Lipinski definition) is 4. The monoisotopic (exact) mass is 340 g/mol. The first-order chi connectivity index (χ1) is 12.2. The molecule has 0 unspecified atom stereocenters. The van der Waals surface area contributed by atoms with Gasteiger partial charge in [-0.05, 0) is 25.0 Å². The fraction of sp³-hybridized carbons (Fsp3) is 0.450. The second-order valence-corrected chi connectivity index (χ2v) is 6.62. The van der Waals surface area contributed by atoms with Crippen LogP contribution in [0.2, 0.25) is 0 Å². The number of methoxy groups -OCH3 is 1. The third-order valence-corrected chi connectivity index (χ3v) is 4.85. The molecule has 1 aliphatic carbocycles. The van der Waals surface area contributed by atoms with Gasteiger partial charge in [0.25, 0.3) is 0 Å². The highest BCUT2D eigenvalue weighted by molar-refractivity contribution is 5.86. The molecule has 1 fully saturated rings. The molecule has 0 bridgehead atoms. The van der Waals surface area contributed by atoms with Crippen LogP contribution in [0.4, 0.5) is 0 Å². The Labute approximate surface area is 147 Å². The molecule has 1 saturated carbocycles. The van der Waals surface area contributed by atoms with E-state index in [2.05, 4.69) is 10.3 Å². The molecular formula is C20H24N2O3. The second kappa shape index (κ2) is 8.10. The maximum Gasteiger partial charge on any atom is 0.328 e. The van der Waals surface area contributed by atoms with Crippen molar-refractivity contribution >= 4 is 22.8 Å². The summed E-state index contributed by atoms with van der Waals surface area (Å²) in [5, 5.41) is 3.93. The summed E-state index contributed by atoms with van der Waals surface area (Å²) < 4.78 is 4.88. The van der Waals surface area contributed by atoms with Crippen LogP contribution in [-0.2, 0) is 20.7 Å². The van der Waals surface area contributed by atoms with Crippen LogP contribution in [0.3, 0.4) is 0 Å². The number of rotatable bonds is 5. The molecule has 0 spiro atoms. The number of ether oxygens (including phenoxy) is 1. The predicted molar refractivity (Wildman–Crippen MR) is 96.0 cm³/mol. The molecule has 132 valence electrons. The molecule has 1 atom stereocenters. The van der Waals surface area contributed by atoms with E-state index in [9.17, 15) is 9.59 Å². The molecule has 0 radical (unpaired) electrons. The van der Waals surface area contributed by atoms with Crippen molar-refractivity contribution in [1.29, 1.82) is 0 Å². The second-order valence-electron chi connectivity index (χ2n) is 6.62. The molecule has 5 heteroatoms. The number of carbonyl (C=O) groups excluding carboxylic acids is 2. The summed E-state index contributed by atoms with van der Waals surface area (Å²) in [6.07, 6.45) is 5.46. The van der Waals surface area contributed by atoms with Gasteiger partial charge in [0.15, 0.2) is 0 Å². The maximum absolute atomic E-state index is 12.5. The van der Waals surface area contributed by atoms with Crippen LogP contribution < -0.4 is 5.32 Å². The average Bonchev–Trinajstić information content (AvgIpc) is 2.67. The van der Waals surface area contributed by atoms with E-state index in [4.69, 9.17) is 4.74 Å². The summed E-state index contributed by atoms with van der Waals surface area (Å²) in [5.41, 5.74) is 1.64. The lowest BCUT2D eigenvalue weighted by Gasteiger charge is -2.23. The summed E-state index contributed by atoms with van der Waals surface area (Å²) in [7, 11) is 1.34. The van der Waals surface area contributed by atoms with Gasteiger partial charge in [-0.3, -0.25) is 9.78 Å². The van der Waals surface area contributed by atoms with Crippen molar-refractivity contribution < 1.29 is 14.3 Å². The van der Waals surface area contributed by atoms with Crippen LogP contribution in [-0.4, -0.2) is 30.0 Å². The number of fused-ring (bicyclic) bond motifs is 1. The molecule has 1 aromatic carbocycles. The smallest absolute Gasteiger partial charge is 0.328 e. The number of para-hydroxylation sites is 1. The van der Waals surface area contributed by atoms with Crippen molar-refractivity contribution in [2.45, 2.75) is 44.6 Å². The van der Waals surface area contributed by atoms with Crippen LogP contribution in [0.1, 0.15) is 37.8 Å². The molecule has 1 heterocycles. The first kappa shape index (κ1) is 17.4. The van der Waals surface area contributed by atoms with Crippen molar-refractivity contribution in [2.24, 2.45) is 5.92 Å². The summed E-state index contributed by atoms with van der Waals surface area (Å²) >= 11 is 0. The van der Waals surface area contributed by atoms with Gasteiger partial charge < -0.3 is 10.1 Å². The number of nitrogens with zero attached hydrogens (tertiary/aromatic N) is 1. The number of hydrogen-bond donors (Lipinski definition) is 1. The number of carbonyl (C=O) groups is 2. The molecule has 1 N–H and O–H groups in total. The van der Waals surface area contributed by atoms with E-state index in [1.807, 2.05) is 36.4 Å². The van der Waals surface area contributed by atoms with E-state index < -0.39 is 12.0 Å². The predicted octanol–water partition coefficient (Wildman–Crippen LogP) is 3.02. The van der Waals surface area contributed by atoms with Gasteiger partial charge in [-0.2, -0.15) is 0 Å². The lowest BCUT2D eigenvalue weighted by molar-refractivity contribution is -0.145. The Balaban J connectivity index is 1.73. The quantitative estimate of drug-likeness (QED) is 0.850. The average molecular weight is 340 g/mol. The number of pyridine rings is 1. The molecular weight excluding hydrogens is 316 g/mol. The zero-order valence-electron chi connectivity index (χ0n) is 14.5. The van der Waals surface area contributed by atoms with Crippen molar-refractivity contribution in [3.05, 3.63) is 42.1 Å². The SMILES string of the molecule is COC(=O)[C@@H](Cc1ccc2ccccc2n1)NC(=O)C1CCCCC1. The Hall–Kier alpha value is -2.43. The van der Waals surface area contributed by atoms with Crippen molar-refractivity contribution in [3.8, 4) is 0 Å². The summed E-state index contributed by atoms with van der Waals surface area (Å²) in [6, 6.07) is 11.0. The van der Waals surface area contributed by atoms with E-state index in [0.29, 0.717) is 6.42 Å². The normalized spacial score (nSPS) is 16.4. The van der Waals surface area contributed by atoms with Gasteiger partial charge in [-0.15, -0.1) is 0 Å². The van der Waals surface area contributed by atoms with E-state index in [1.54, 1.807) is 0 Å². The third-order valence-electron chi connectivity index (χ3n) is 4.85. The van der Waals surface area contributed by atoms with Gasteiger partial charge in [0.1, 0.15) is 6.04 Å². The van der Waals surface area contributed by atoms with Gasteiger partial charge in [-0.1, -0.05) is 43.5 Å². The number of nitrogens with one attached hydrogen (secondary N) is 1. The van der Waals surface area contributed by atoms with E-state index in [1.165, 1.54) is 13.5 Å². The standard InChI is InChI=1S/C20H24N2O3/c1-25-20(24)18(22-19(23)15-8-3-2-4-9-15)13-16-12-11-14-7-5-6-10-17(14)21-16/h5-7,10-12,15,18H,2-4,8-9,13H2,1H3,(H,22,23)/t18-/m1/s1. The van der Waals surface area contributed by atoms with Gasteiger partial charge in [0, 0.05) is 23.4 Å². The van der Waals surface area contributed by atoms with Gasteiger partial charge in [-0.25, -0.2) is 4.79 Å². The largest absolute Gasteiger partial charge is 0.467 e. The highest BCUT2D eigenvalue weighted by Gasteiger charge is 2.27. The first-order valence-corrected chi connectivity index (χ1v) is 8.90. The third kappa shape index (κ3) is 4.35. The Morgan fingerprint density at radius 2 is 1.92 bits per heavy atom. The Kier molecular flexibility index (Phi) is 5.64. The summed E-state index contributed by atoms with van der Waals surface area (Å²) in [4.78, 5) is 29.2. The summed E-state index contributed by atoms with van der Waals surface area (Å²) in [6.45, 7) is 0. The van der Waals surface area contributed by atoms with Crippen LogP contribution >= 0.6 is 0 Å². The Morgan fingerprint density at radius 1 is 1.16 bits per heavy atom. The van der Waals surface area contributed by atoms with Crippen LogP contribution in [0.15, 0.2) is 36.4 Å². The lowest BCUT2D eigenvalue weighted by atomic mass is 9.88. The fourth-order valence-corrected chi connectivity index (χ4v) is 3.42. The van der Waals surface area contributed by atoms with Crippen molar-refractivity contribution in [1.82, 2.24) is 10.3 Å². The molecule has 1 aliphatic rings. The number of amides is 1. The van der Waals surface area contributed by atoms with Crippen LogP contribution in [0.5, 0.6) is 0 Å². The minimum Gasteiger partial charge on any atom is -0.467 e. The first-order valence-electron chi connectivity index (χ1n) is 8.90. The number of benzene rings is 1. The fourth-order valence-electron chi connectivity index (χ4n) is 3.42. The van der Waals surface area contributed by atoms with Gasteiger partial charge >= 0.3 is 5.97 Å². The van der Waals surface area contributed by atoms with Crippen molar-refractivity contribution in [2.75, 3.05) is 7.11 Å². The number of esters is 1. The molecule has 0 aliphatic heterocycles. The Bertz CT molecular complexity index is 753. The van der Waals surface area contributed by atoms with Gasteiger partial charge in [0.05, 0.1) is 12.6 Å². The minimum absolute atomic E-state index is 0.00506. The molecule has 5 nitrogen and oxygen atoms in total. The summed E-state index contributed by atoms with van der Waals surface area (Å²) in [5.74, 6) is -0.472. The van der Waals surface area contributed by atoms with E-state index >= 15 is 0 Å². The maximum atomic E-state index is 12.5. The zero-order valence-corrected chi connectivity index (χ0v) is 14.5. The molecule has 25 heavy (non-hydrogen) atoms. The topological polar surface area (TPSA) is 68.3 Å². The van der Waals surface area contributed by atoms with E-state index in [-0.39, 0.29) is 11.8 Å². The molecule has 2 aromatic rings. The highest BCUT2D eigenvalue weighted by Crippen LogP contribution is 2.24. The zero-order chi connectivity index (χ0) is 17.6. The molecule has 1 aromatic heterocycles. The van der Waals surface area contributed by atoms with Crippen LogP contribution in [0, 0.1) is 5.92 Å². The van der Waals surface area contributed by atoms with Crippen molar-refractivity contribution in [3.63, 3.8) is 0 Å². The Morgan fingerprint density at radius 3 is 2.68 bits per heavy atom. The number of aromatic nitrogens is 1. The van der Waals surface area contributed by atoms with E-state index in [0.717, 1.165) is 42.3 Å².